The number of esters is 1. The minimum atomic E-state index is -0.343. The van der Waals surface area contributed by atoms with Gasteiger partial charge < -0.3 is 9.64 Å². The molecule has 1 aliphatic heterocycles. The number of Topliss-reactive ketones (excluding diaryl/α,β-unsaturated/α-hetero) is 1. The smallest absolute Gasteiger partial charge is 0.341 e. The van der Waals surface area contributed by atoms with E-state index in [4.69, 9.17) is 4.74 Å². The summed E-state index contributed by atoms with van der Waals surface area (Å²) in [6.07, 6.45) is 3.30. The van der Waals surface area contributed by atoms with Gasteiger partial charge in [-0.1, -0.05) is 0 Å². The molecule has 1 saturated heterocycles. The number of hydrogen-bond donors (Lipinski definition) is 0. The molecule has 0 amide bonds. The van der Waals surface area contributed by atoms with Gasteiger partial charge in [-0.3, -0.25) is 4.79 Å². The number of carbonyl (C=O) groups is 2. The lowest BCUT2D eigenvalue weighted by Gasteiger charge is -2.32. The van der Waals surface area contributed by atoms with Crippen LogP contribution in [0.15, 0.2) is 18.3 Å². The molecule has 1 aromatic rings. The molecule has 1 aromatic heterocycles. The van der Waals surface area contributed by atoms with Crippen molar-refractivity contribution in [2.75, 3.05) is 24.6 Å². The third-order valence-corrected chi connectivity index (χ3v) is 3.65. The number of carbonyl (C=O) groups excluding carboxylic acids is 2. The van der Waals surface area contributed by atoms with E-state index in [1.165, 1.54) is 0 Å². The molecule has 108 valence electrons. The van der Waals surface area contributed by atoms with E-state index in [0.29, 0.717) is 18.0 Å². The predicted molar refractivity (Wildman–Crippen MR) is 75.8 cm³/mol. The van der Waals surface area contributed by atoms with Crippen molar-refractivity contribution in [1.82, 2.24) is 4.98 Å². The maximum atomic E-state index is 11.9. The second-order valence-electron chi connectivity index (χ2n) is 4.97. The van der Waals surface area contributed by atoms with Gasteiger partial charge in [-0.25, -0.2) is 9.78 Å². The van der Waals surface area contributed by atoms with Crippen LogP contribution in [0.5, 0.6) is 0 Å². The predicted octanol–water partition coefficient (Wildman–Crippen LogP) is 2.06. The average Bonchev–Trinajstić information content (AvgIpc) is 2.47. The molecular weight excluding hydrogens is 256 g/mol. The maximum absolute atomic E-state index is 11.9. The highest BCUT2D eigenvalue weighted by Crippen LogP contribution is 2.25. The number of rotatable bonds is 4. The zero-order chi connectivity index (χ0) is 14.5. The van der Waals surface area contributed by atoms with E-state index < -0.39 is 0 Å². The molecular formula is C15H20N2O3. The molecule has 0 N–H and O–H groups in total. The first-order chi connectivity index (χ1) is 9.63. The first-order valence-corrected chi connectivity index (χ1v) is 7.01. The number of anilines is 1. The number of hydrogen-bond acceptors (Lipinski definition) is 5. The summed E-state index contributed by atoms with van der Waals surface area (Å²) in [5.74, 6) is 0.703. The topological polar surface area (TPSA) is 59.5 Å². The third-order valence-electron chi connectivity index (χ3n) is 3.65. The number of ketones is 1. The van der Waals surface area contributed by atoms with Crippen molar-refractivity contribution in [2.45, 2.75) is 26.7 Å². The van der Waals surface area contributed by atoms with E-state index in [1.807, 2.05) is 0 Å². The van der Waals surface area contributed by atoms with E-state index in [9.17, 15) is 9.59 Å². The Kier molecular flexibility index (Phi) is 4.71. The molecule has 5 heteroatoms. The SMILES string of the molecule is CCOC(=O)c1cccnc1N1CCC(C(C)=O)CC1. The zero-order valence-corrected chi connectivity index (χ0v) is 12.0. The Morgan fingerprint density at radius 3 is 2.70 bits per heavy atom. The Morgan fingerprint density at radius 2 is 2.10 bits per heavy atom. The molecule has 20 heavy (non-hydrogen) atoms. The van der Waals surface area contributed by atoms with Crippen LogP contribution in [0, 0.1) is 5.92 Å². The lowest BCUT2D eigenvalue weighted by atomic mass is 9.93. The monoisotopic (exact) mass is 276 g/mol. The summed E-state index contributed by atoms with van der Waals surface area (Å²) >= 11 is 0. The molecule has 0 unspecified atom stereocenters. The lowest BCUT2D eigenvalue weighted by Crippen LogP contribution is -2.37. The minimum absolute atomic E-state index is 0.140. The molecule has 5 nitrogen and oxygen atoms in total. The quantitative estimate of drug-likeness (QED) is 0.788. The normalized spacial score (nSPS) is 16.0. The standard InChI is InChI=1S/C15H20N2O3/c1-3-20-15(19)13-5-4-8-16-14(13)17-9-6-12(7-10-17)11(2)18/h4-5,8,12H,3,6-7,9-10H2,1-2H3. The summed E-state index contributed by atoms with van der Waals surface area (Å²) < 4.78 is 5.06. The third kappa shape index (κ3) is 3.15. The van der Waals surface area contributed by atoms with Gasteiger partial charge in [0.2, 0.25) is 0 Å². The van der Waals surface area contributed by atoms with Gasteiger partial charge in [0, 0.05) is 25.2 Å². The Morgan fingerprint density at radius 1 is 1.40 bits per heavy atom. The number of aromatic nitrogens is 1. The summed E-state index contributed by atoms with van der Waals surface area (Å²) in [5, 5.41) is 0. The van der Waals surface area contributed by atoms with Crippen LogP contribution >= 0.6 is 0 Å². The zero-order valence-electron chi connectivity index (χ0n) is 12.0. The first-order valence-electron chi connectivity index (χ1n) is 7.01. The molecule has 0 bridgehead atoms. The van der Waals surface area contributed by atoms with Crippen LogP contribution in [0.1, 0.15) is 37.0 Å². The van der Waals surface area contributed by atoms with Gasteiger partial charge in [-0.15, -0.1) is 0 Å². The van der Waals surface area contributed by atoms with Crippen molar-refractivity contribution in [2.24, 2.45) is 5.92 Å². The fourth-order valence-corrected chi connectivity index (χ4v) is 2.51. The highest BCUT2D eigenvalue weighted by Gasteiger charge is 2.26. The van der Waals surface area contributed by atoms with E-state index in [2.05, 4.69) is 9.88 Å². The van der Waals surface area contributed by atoms with E-state index in [0.717, 1.165) is 25.9 Å². The van der Waals surface area contributed by atoms with Crippen molar-refractivity contribution >= 4 is 17.6 Å². The minimum Gasteiger partial charge on any atom is -0.462 e. The van der Waals surface area contributed by atoms with Crippen LogP contribution in [-0.4, -0.2) is 36.4 Å². The molecule has 2 heterocycles. The van der Waals surface area contributed by atoms with Gasteiger partial charge in [-0.05, 0) is 38.8 Å². The van der Waals surface area contributed by atoms with Crippen LogP contribution in [0.4, 0.5) is 5.82 Å². The van der Waals surface area contributed by atoms with Crippen LogP contribution in [-0.2, 0) is 9.53 Å². The number of piperidine rings is 1. The highest BCUT2D eigenvalue weighted by atomic mass is 16.5. The largest absolute Gasteiger partial charge is 0.462 e. The second kappa shape index (κ2) is 6.50. The van der Waals surface area contributed by atoms with Gasteiger partial charge in [0.1, 0.15) is 17.2 Å². The van der Waals surface area contributed by atoms with Gasteiger partial charge in [0.15, 0.2) is 0 Å². The van der Waals surface area contributed by atoms with Crippen molar-refractivity contribution < 1.29 is 14.3 Å². The van der Waals surface area contributed by atoms with Crippen LogP contribution in [0.25, 0.3) is 0 Å². The van der Waals surface area contributed by atoms with Crippen molar-refractivity contribution in [3.05, 3.63) is 23.9 Å². The number of ether oxygens (including phenoxy) is 1. The molecule has 0 radical (unpaired) electrons. The Bertz CT molecular complexity index is 494. The summed E-state index contributed by atoms with van der Waals surface area (Å²) in [6, 6.07) is 3.47. The highest BCUT2D eigenvalue weighted by molar-refractivity contribution is 5.94. The van der Waals surface area contributed by atoms with Crippen LogP contribution < -0.4 is 4.90 Å². The van der Waals surface area contributed by atoms with E-state index >= 15 is 0 Å². The molecule has 1 fully saturated rings. The molecule has 0 aromatic carbocycles. The fraction of sp³-hybridized carbons (Fsp3) is 0.533. The first kappa shape index (κ1) is 14.5. The van der Waals surface area contributed by atoms with Gasteiger partial charge in [0.25, 0.3) is 0 Å². The Hall–Kier alpha value is -1.91. The molecule has 0 spiro atoms. The van der Waals surface area contributed by atoms with Gasteiger partial charge >= 0.3 is 5.97 Å². The summed E-state index contributed by atoms with van der Waals surface area (Å²) in [6.45, 7) is 5.26. The summed E-state index contributed by atoms with van der Waals surface area (Å²) in [4.78, 5) is 29.7. The second-order valence-corrected chi connectivity index (χ2v) is 4.97. The van der Waals surface area contributed by atoms with Crippen molar-refractivity contribution in [3.63, 3.8) is 0 Å². The number of pyridine rings is 1. The van der Waals surface area contributed by atoms with E-state index in [1.54, 1.807) is 32.2 Å². The molecule has 1 aliphatic rings. The van der Waals surface area contributed by atoms with Gasteiger partial charge in [0.05, 0.1) is 6.61 Å². The maximum Gasteiger partial charge on any atom is 0.341 e. The van der Waals surface area contributed by atoms with Crippen LogP contribution in [0.2, 0.25) is 0 Å². The Balaban J connectivity index is 2.14. The fourth-order valence-electron chi connectivity index (χ4n) is 2.51. The molecule has 0 aliphatic carbocycles. The van der Waals surface area contributed by atoms with Crippen LogP contribution in [0.3, 0.4) is 0 Å². The molecule has 0 atom stereocenters. The summed E-state index contributed by atoms with van der Waals surface area (Å²) in [5.41, 5.74) is 0.496. The van der Waals surface area contributed by atoms with Crippen molar-refractivity contribution in [3.8, 4) is 0 Å². The molecule has 2 rings (SSSR count). The lowest BCUT2D eigenvalue weighted by molar-refractivity contribution is -0.121. The van der Waals surface area contributed by atoms with Crippen molar-refractivity contribution in [1.29, 1.82) is 0 Å². The van der Waals surface area contributed by atoms with E-state index in [-0.39, 0.29) is 17.7 Å². The summed E-state index contributed by atoms with van der Waals surface area (Å²) in [7, 11) is 0. The number of nitrogens with zero attached hydrogens (tertiary/aromatic N) is 2. The Labute approximate surface area is 118 Å². The molecule has 0 saturated carbocycles. The average molecular weight is 276 g/mol. The van der Waals surface area contributed by atoms with Gasteiger partial charge in [-0.2, -0.15) is 0 Å².